The normalized spacial score (nSPS) is 26.5. The van der Waals surface area contributed by atoms with E-state index in [2.05, 4.69) is 64.1 Å². The number of likely N-dealkylation sites (N-methyl/N-ethyl adjacent to an activating group) is 1. The molecule has 3 aliphatic heterocycles. The van der Waals surface area contributed by atoms with Crippen LogP contribution in [0.25, 0.3) is 5.65 Å². The smallest absolute Gasteiger partial charge is 0.138 e. The number of piperidine rings is 1. The summed E-state index contributed by atoms with van der Waals surface area (Å²) < 4.78 is 2.29. The van der Waals surface area contributed by atoms with E-state index in [1.807, 2.05) is 0 Å². The Hall–Kier alpha value is -2.18. The number of rotatable bonds is 3. The van der Waals surface area contributed by atoms with Crippen molar-refractivity contribution in [3.05, 3.63) is 41.4 Å². The van der Waals surface area contributed by atoms with Gasteiger partial charge in [0.25, 0.3) is 0 Å². The second-order valence-electron chi connectivity index (χ2n) is 8.79. The minimum absolute atomic E-state index is 0.298. The number of imidazole rings is 1. The van der Waals surface area contributed by atoms with Gasteiger partial charge in [0.05, 0.1) is 17.4 Å². The number of nitrogens with zero attached hydrogens (tertiary/aromatic N) is 5. The van der Waals surface area contributed by atoms with Crippen LogP contribution in [0.2, 0.25) is 0 Å². The second kappa shape index (κ2) is 7.92. The highest BCUT2D eigenvalue weighted by Gasteiger charge is 2.28. The molecule has 2 aromatic rings. The van der Waals surface area contributed by atoms with Gasteiger partial charge in [-0.05, 0) is 63.8 Å². The zero-order chi connectivity index (χ0) is 19.8. The van der Waals surface area contributed by atoms with Crippen molar-refractivity contribution >= 4 is 17.7 Å². The summed E-state index contributed by atoms with van der Waals surface area (Å²) in [6.45, 7) is 6.60. The van der Waals surface area contributed by atoms with Crippen molar-refractivity contribution in [2.75, 3.05) is 38.1 Å². The quantitative estimate of drug-likeness (QED) is 0.870. The highest BCUT2D eigenvalue weighted by Crippen LogP contribution is 2.31. The minimum Gasteiger partial charge on any atom is -0.355 e. The summed E-state index contributed by atoms with van der Waals surface area (Å²) in [5.41, 5.74) is 4.92. The highest BCUT2D eigenvalue weighted by atomic mass is 15.3. The molecule has 2 aromatic heterocycles. The van der Waals surface area contributed by atoms with E-state index in [9.17, 15) is 0 Å². The minimum atomic E-state index is 0.298. The molecule has 2 saturated heterocycles. The number of allylic oxidation sites excluding steroid dienone is 1. The molecule has 0 spiro atoms. The number of nitrogens with one attached hydrogen (secondary N) is 1. The zero-order valence-corrected chi connectivity index (χ0v) is 17.6. The number of hydrogen-bond donors (Lipinski definition) is 1. The lowest BCUT2D eigenvalue weighted by Gasteiger charge is -2.34. The fourth-order valence-corrected chi connectivity index (χ4v) is 4.93. The van der Waals surface area contributed by atoms with Gasteiger partial charge in [0.15, 0.2) is 0 Å². The Labute approximate surface area is 173 Å². The number of pyridine rings is 1. The maximum Gasteiger partial charge on any atom is 0.138 e. The van der Waals surface area contributed by atoms with Gasteiger partial charge in [-0.2, -0.15) is 0 Å². The molecule has 5 heterocycles. The molecule has 2 atom stereocenters. The standard InChI is InChI=1S/C23H32N6/c1-17-6-5-11-24-23(17)19-8-3-7-18(25-19)20-16-29-21(26-20)9-4-10-22(29)28-14-12-27(2)13-15-28/h4,9-11,16,18-19,25H,3,5-8,12-15H2,1-2H3. The van der Waals surface area contributed by atoms with Gasteiger partial charge in [-0.1, -0.05) is 6.07 Å². The Bertz CT molecular complexity index is 934. The first-order valence-corrected chi connectivity index (χ1v) is 11.1. The molecular formula is C23H32N6. The molecule has 154 valence electrons. The number of anilines is 1. The molecule has 5 rings (SSSR count). The molecule has 0 saturated carbocycles. The van der Waals surface area contributed by atoms with E-state index in [4.69, 9.17) is 9.98 Å². The first kappa shape index (κ1) is 18.8. The van der Waals surface area contributed by atoms with E-state index >= 15 is 0 Å². The van der Waals surface area contributed by atoms with Gasteiger partial charge in [-0.25, -0.2) is 4.98 Å². The maximum atomic E-state index is 5.01. The number of piperazine rings is 1. The molecule has 2 unspecified atom stereocenters. The van der Waals surface area contributed by atoms with E-state index in [0.717, 1.165) is 56.8 Å². The van der Waals surface area contributed by atoms with Crippen LogP contribution in [0.15, 0.2) is 40.7 Å². The van der Waals surface area contributed by atoms with Crippen LogP contribution in [-0.4, -0.2) is 59.8 Å². The maximum absolute atomic E-state index is 5.01. The molecule has 3 aliphatic rings. The van der Waals surface area contributed by atoms with Crippen LogP contribution < -0.4 is 10.2 Å². The summed E-state index contributed by atoms with van der Waals surface area (Å²) >= 11 is 0. The fourth-order valence-electron chi connectivity index (χ4n) is 4.93. The third-order valence-corrected chi connectivity index (χ3v) is 6.71. The summed E-state index contributed by atoms with van der Waals surface area (Å²) in [7, 11) is 2.20. The average Bonchev–Trinajstić information content (AvgIpc) is 3.19. The van der Waals surface area contributed by atoms with Crippen LogP contribution in [0.5, 0.6) is 0 Å². The van der Waals surface area contributed by atoms with Gasteiger partial charge < -0.3 is 15.1 Å². The van der Waals surface area contributed by atoms with Crippen LogP contribution >= 0.6 is 0 Å². The molecule has 2 fully saturated rings. The average molecular weight is 393 g/mol. The van der Waals surface area contributed by atoms with Crippen LogP contribution in [-0.2, 0) is 0 Å². The van der Waals surface area contributed by atoms with Gasteiger partial charge in [0.2, 0.25) is 0 Å². The highest BCUT2D eigenvalue weighted by molar-refractivity contribution is 5.62. The lowest BCUT2D eigenvalue weighted by Crippen LogP contribution is -2.45. The summed E-state index contributed by atoms with van der Waals surface area (Å²) in [6, 6.07) is 7.15. The Morgan fingerprint density at radius 1 is 1.07 bits per heavy atom. The number of aliphatic imine (C=N–C) groups is 1. The van der Waals surface area contributed by atoms with Crippen molar-refractivity contribution < 1.29 is 0 Å². The van der Waals surface area contributed by atoms with Crippen LogP contribution in [0, 0.1) is 0 Å². The lowest BCUT2D eigenvalue weighted by molar-refractivity contribution is 0.311. The lowest BCUT2D eigenvalue weighted by atomic mass is 9.92. The van der Waals surface area contributed by atoms with E-state index < -0.39 is 0 Å². The largest absolute Gasteiger partial charge is 0.355 e. The van der Waals surface area contributed by atoms with Gasteiger partial charge in [0.1, 0.15) is 11.5 Å². The van der Waals surface area contributed by atoms with Crippen LogP contribution in [0.3, 0.4) is 0 Å². The third-order valence-electron chi connectivity index (χ3n) is 6.71. The second-order valence-corrected chi connectivity index (χ2v) is 8.79. The summed E-state index contributed by atoms with van der Waals surface area (Å²) in [5, 5.41) is 3.87. The van der Waals surface area contributed by atoms with Gasteiger partial charge >= 0.3 is 0 Å². The molecule has 29 heavy (non-hydrogen) atoms. The molecule has 0 amide bonds. The van der Waals surface area contributed by atoms with Gasteiger partial charge in [-0.3, -0.25) is 9.39 Å². The van der Waals surface area contributed by atoms with Crippen LogP contribution in [0.1, 0.15) is 50.8 Å². The molecule has 6 heteroatoms. The Kier molecular flexibility index (Phi) is 5.14. The fraction of sp³-hybridized carbons (Fsp3) is 0.565. The first-order chi connectivity index (χ1) is 14.2. The molecular weight excluding hydrogens is 360 g/mol. The van der Waals surface area contributed by atoms with Crippen molar-refractivity contribution in [3.63, 3.8) is 0 Å². The monoisotopic (exact) mass is 392 g/mol. The van der Waals surface area contributed by atoms with Gasteiger partial charge in [0, 0.05) is 44.6 Å². The van der Waals surface area contributed by atoms with Crippen molar-refractivity contribution in [1.29, 1.82) is 0 Å². The van der Waals surface area contributed by atoms with Crippen molar-refractivity contribution in [2.45, 2.75) is 51.1 Å². The molecule has 0 aliphatic carbocycles. The van der Waals surface area contributed by atoms with Gasteiger partial charge in [-0.15, -0.1) is 0 Å². The predicted molar refractivity (Wildman–Crippen MR) is 119 cm³/mol. The van der Waals surface area contributed by atoms with Crippen LogP contribution in [0.4, 0.5) is 5.82 Å². The predicted octanol–water partition coefficient (Wildman–Crippen LogP) is 3.41. The summed E-state index contributed by atoms with van der Waals surface area (Å²) in [4.78, 5) is 14.6. The summed E-state index contributed by atoms with van der Waals surface area (Å²) in [6.07, 6.45) is 10.1. The van der Waals surface area contributed by atoms with E-state index in [0.29, 0.717) is 12.1 Å². The first-order valence-electron chi connectivity index (χ1n) is 11.1. The molecule has 0 radical (unpaired) electrons. The van der Waals surface area contributed by atoms with E-state index in [1.54, 1.807) is 0 Å². The summed E-state index contributed by atoms with van der Waals surface area (Å²) in [5.74, 6) is 1.26. The Morgan fingerprint density at radius 2 is 1.90 bits per heavy atom. The Balaban J connectivity index is 1.40. The molecule has 6 nitrogen and oxygen atoms in total. The SMILES string of the molecule is CC1=C(C2CCCC(c3cn4c(N5CCN(C)CC5)cccc4n3)N2)N=CCC1. The third kappa shape index (κ3) is 3.71. The van der Waals surface area contributed by atoms with Crippen molar-refractivity contribution in [2.24, 2.45) is 4.99 Å². The zero-order valence-electron chi connectivity index (χ0n) is 17.6. The molecule has 0 bridgehead atoms. The molecule has 0 aromatic carbocycles. The topological polar surface area (TPSA) is 48.2 Å². The van der Waals surface area contributed by atoms with E-state index in [1.165, 1.54) is 29.9 Å². The van der Waals surface area contributed by atoms with Crippen molar-refractivity contribution in [1.82, 2.24) is 19.6 Å². The van der Waals surface area contributed by atoms with E-state index in [-0.39, 0.29) is 0 Å². The number of aromatic nitrogens is 2. The Morgan fingerprint density at radius 3 is 2.72 bits per heavy atom. The van der Waals surface area contributed by atoms with Crippen molar-refractivity contribution in [3.8, 4) is 0 Å². The molecule has 1 N–H and O–H groups in total. The number of fused-ring (bicyclic) bond motifs is 1. The number of hydrogen-bond acceptors (Lipinski definition) is 5.